The number of carbonyl (C=O) groups excluding carboxylic acids is 2. The van der Waals surface area contributed by atoms with Crippen molar-refractivity contribution < 1.29 is 14.0 Å². The van der Waals surface area contributed by atoms with Crippen LogP contribution in [0.2, 0.25) is 0 Å². The largest absolute Gasteiger partial charge is 0.345 e. The molecule has 31 heavy (non-hydrogen) atoms. The van der Waals surface area contributed by atoms with Gasteiger partial charge in [0.05, 0.1) is 11.3 Å². The smallest absolute Gasteiger partial charge is 0.253 e. The number of hydrogen-bond acceptors (Lipinski definition) is 5. The number of rotatable bonds is 8. The Labute approximate surface area is 184 Å². The van der Waals surface area contributed by atoms with E-state index in [1.165, 1.54) is 22.7 Å². The van der Waals surface area contributed by atoms with Crippen molar-refractivity contribution in [2.45, 2.75) is 11.7 Å². The van der Waals surface area contributed by atoms with Gasteiger partial charge < -0.3 is 10.2 Å². The van der Waals surface area contributed by atoms with Gasteiger partial charge in [-0.25, -0.2) is 4.39 Å². The minimum absolute atomic E-state index is 0.0679. The Morgan fingerprint density at radius 2 is 1.97 bits per heavy atom. The fourth-order valence-electron chi connectivity index (χ4n) is 2.85. The van der Waals surface area contributed by atoms with E-state index in [9.17, 15) is 14.0 Å². The summed E-state index contributed by atoms with van der Waals surface area (Å²) in [6, 6.07) is 13.1. The maximum atomic E-state index is 14.2. The third-order valence-electron chi connectivity index (χ3n) is 4.28. The quantitative estimate of drug-likeness (QED) is 0.428. The van der Waals surface area contributed by atoms with Crippen molar-refractivity contribution in [2.75, 3.05) is 25.2 Å². The summed E-state index contributed by atoms with van der Waals surface area (Å²) in [5, 5.41) is 11.5. The third-order valence-corrected chi connectivity index (χ3v) is 5.24. The Bertz CT molecular complexity index is 1110. The first-order chi connectivity index (χ1) is 14.9. The molecule has 0 bridgehead atoms. The van der Waals surface area contributed by atoms with Crippen LogP contribution in [-0.2, 0) is 11.3 Å². The van der Waals surface area contributed by atoms with E-state index in [1.54, 1.807) is 67.2 Å². The van der Waals surface area contributed by atoms with Crippen LogP contribution in [0, 0.1) is 5.82 Å². The summed E-state index contributed by atoms with van der Waals surface area (Å²) < 4.78 is 15.9. The van der Waals surface area contributed by atoms with Crippen LogP contribution >= 0.6 is 11.8 Å². The van der Waals surface area contributed by atoms with Crippen molar-refractivity contribution in [1.82, 2.24) is 19.7 Å². The molecular formula is C22H22FN5O2S. The lowest BCUT2D eigenvalue weighted by Gasteiger charge is -2.12. The molecule has 1 heterocycles. The second-order valence-electron chi connectivity index (χ2n) is 6.80. The summed E-state index contributed by atoms with van der Waals surface area (Å²) in [6.07, 6.45) is 1.66. The molecule has 7 nitrogen and oxygen atoms in total. The van der Waals surface area contributed by atoms with Gasteiger partial charge >= 0.3 is 0 Å². The zero-order valence-corrected chi connectivity index (χ0v) is 18.0. The van der Waals surface area contributed by atoms with Crippen molar-refractivity contribution in [3.05, 3.63) is 72.6 Å². The Balaban J connectivity index is 1.71. The predicted octanol–water partition coefficient (Wildman–Crippen LogP) is 3.70. The van der Waals surface area contributed by atoms with Crippen LogP contribution in [0.3, 0.4) is 0 Å². The van der Waals surface area contributed by atoms with Gasteiger partial charge in [0.15, 0.2) is 11.0 Å². The first kappa shape index (κ1) is 22.2. The average molecular weight is 440 g/mol. The van der Waals surface area contributed by atoms with Gasteiger partial charge in [-0.15, -0.1) is 16.8 Å². The van der Waals surface area contributed by atoms with Crippen LogP contribution < -0.4 is 5.32 Å². The highest BCUT2D eigenvalue weighted by Crippen LogP contribution is 2.26. The van der Waals surface area contributed by atoms with E-state index in [0.717, 1.165) is 0 Å². The molecule has 2 aromatic carbocycles. The number of nitrogens with one attached hydrogen (secondary N) is 1. The van der Waals surface area contributed by atoms with Gasteiger partial charge in [-0.1, -0.05) is 36.0 Å². The summed E-state index contributed by atoms with van der Waals surface area (Å²) in [5.74, 6) is -0.375. The van der Waals surface area contributed by atoms with Crippen molar-refractivity contribution in [2.24, 2.45) is 0 Å². The van der Waals surface area contributed by atoms with Gasteiger partial charge in [-0.05, 0) is 30.3 Å². The van der Waals surface area contributed by atoms with Gasteiger partial charge in [0, 0.05) is 31.9 Å². The van der Waals surface area contributed by atoms with Crippen LogP contribution in [0.25, 0.3) is 11.4 Å². The van der Waals surface area contributed by atoms with E-state index in [1.807, 2.05) is 0 Å². The fraction of sp³-hybridized carbons (Fsp3) is 0.182. The maximum Gasteiger partial charge on any atom is 0.253 e. The van der Waals surface area contributed by atoms with Crippen LogP contribution in [0.15, 0.2) is 66.3 Å². The van der Waals surface area contributed by atoms with Gasteiger partial charge in [0.1, 0.15) is 5.82 Å². The number of aromatic nitrogens is 3. The van der Waals surface area contributed by atoms with E-state index in [0.29, 0.717) is 34.3 Å². The Morgan fingerprint density at radius 1 is 1.19 bits per heavy atom. The fourth-order valence-corrected chi connectivity index (χ4v) is 3.59. The van der Waals surface area contributed by atoms with E-state index in [4.69, 9.17) is 0 Å². The van der Waals surface area contributed by atoms with Crippen molar-refractivity contribution >= 4 is 29.3 Å². The molecule has 0 spiro atoms. The number of thioether (sulfide) groups is 1. The van der Waals surface area contributed by atoms with Crippen molar-refractivity contribution in [3.8, 4) is 11.4 Å². The van der Waals surface area contributed by atoms with E-state index in [2.05, 4.69) is 22.1 Å². The van der Waals surface area contributed by atoms with Gasteiger partial charge in [0.25, 0.3) is 5.91 Å². The second-order valence-corrected chi connectivity index (χ2v) is 7.75. The molecule has 0 saturated carbocycles. The number of hydrogen-bond donors (Lipinski definition) is 1. The molecule has 3 rings (SSSR count). The van der Waals surface area contributed by atoms with Gasteiger partial charge in [-0.3, -0.25) is 14.2 Å². The molecule has 160 valence electrons. The maximum absolute atomic E-state index is 14.2. The van der Waals surface area contributed by atoms with Crippen molar-refractivity contribution in [1.29, 1.82) is 0 Å². The lowest BCUT2D eigenvalue weighted by molar-refractivity contribution is -0.113. The minimum Gasteiger partial charge on any atom is -0.345 e. The highest BCUT2D eigenvalue weighted by Gasteiger charge is 2.17. The molecule has 1 aromatic heterocycles. The normalized spacial score (nSPS) is 10.5. The Morgan fingerprint density at radius 3 is 2.68 bits per heavy atom. The Kier molecular flexibility index (Phi) is 7.19. The molecule has 1 N–H and O–H groups in total. The highest BCUT2D eigenvalue weighted by molar-refractivity contribution is 7.99. The number of carbonyl (C=O) groups is 2. The lowest BCUT2D eigenvalue weighted by Crippen LogP contribution is -2.22. The van der Waals surface area contributed by atoms with E-state index >= 15 is 0 Å². The van der Waals surface area contributed by atoms with Crippen molar-refractivity contribution in [3.63, 3.8) is 0 Å². The molecule has 0 saturated heterocycles. The molecule has 9 heteroatoms. The van der Waals surface area contributed by atoms with Gasteiger partial charge in [-0.2, -0.15) is 0 Å². The minimum atomic E-state index is -0.401. The molecular weight excluding hydrogens is 417 g/mol. The number of amides is 2. The predicted molar refractivity (Wildman–Crippen MR) is 119 cm³/mol. The number of nitrogens with zero attached hydrogens (tertiary/aromatic N) is 4. The molecule has 0 aliphatic rings. The zero-order valence-electron chi connectivity index (χ0n) is 17.2. The first-order valence-electron chi connectivity index (χ1n) is 9.44. The van der Waals surface area contributed by atoms with E-state index < -0.39 is 5.82 Å². The average Bonchev–Trinajstić information content (AvgIpc) is 3.15. The first-order valence-corrected chi connectivity index (χ1v) is 10.4. The third kappa shape index (κ3) is 5.37. The van der Waals surface area contributed by atoms with Crippen LogP contribution in [0.5, 0.6) is 0 Å². The number of anilines is 1. The second kappa shape index (κ2) is 10.0. The van der Waals surface area contributed by atoms with Crippen LogP contribution in [0.4, 0.5) is 10.1 Å². The molecule has 0 aliphatic carbocycles. The summed E-state index contributed by atoms with van der Waals surface area (Å²) in [7, 11) is 3.33. The standard InChI is InChI=1S/C22H22FN5O2S/c1-4-12-28-20(17-10-5-6-11-18(17)23)25-26-22(28)31-14-19(29)24-16-9-7-8-15(13-16)21(30)27(2)3/h4-11,13H,1,12,14H2,2-3H3,(H,24,29). The lowest BCUT2D eigenvalue weighted by atomic mass is 10.2. The van der Waals surface area contributed by atoms with E-state index in [-0.39, 0.29) is 17.6 Å². The number of halogens is 1. The summed E-state index contributed by atoms with van der Waals surface area (Å²) >= 11 is 1.18. The summed E-state index contributed by atoms with van der Waals surface area (Å²) in [5.41, 5.74) is 1.34. The monoisotopic (exact) mass is 439 g/mol. The molecule has 0 atom stereocenters. The zero-order chi connectivity index (χ0) is 22.4. The molecule has 0 aliphatic heterocycles. The summed E-state index contributed by atoms with van der Waals surface area (Å²) in [4.78, 5) is 26.0. The molecule has 3 aromatic rings. The SMILES string of the molecule is C=CCn1c(SCC(=O)Nc2cccc(C(=O)N(C)C)c2)nnc1-c1ccccc1F. The summed E-state index contributed by atoms with van der Waals surface area (Å²) in [6.45, 7) is 4.10. The Hall–Kier alpha value is -3.46. The topological polar surface area (TPSA) is 80.1 Å². The molecule has 0 radical (unpaired) electrons. The molecule has 0 unspecified atom stereocenters. The van der Waals surface area contributed by atoms with Crippen LogP contribution in [0.1, 0.15) is 10.4 Å². The van der Waals surface area contributed by atoms with Gasteiger partial charge in [0.2, 0.25) is 5.91 Å². The molecule has 0 fully saturated rings. The number of benzene rings is 2. The molecule has 2 amide bonds. The number of allylic oxidation sites excluding steroid dienone is 1. The highest BCUT2D eigenvalue weighted by atomic mass is 32.2. The van der Waals surface area contributed by atoms with Crippen LogP contribution in [-0.4, -0.2) is 51.3 Å².